The Balaban J connectivity index is 2.09. The van der Waals surface area contributed by atoms with Gasteiger partial charge in [0.05, 0.1) is 11.5 Å². The Morgan fingerprint density at radius 3 is 2.70 bits per heavy atom. The van der Waals surface area contributed by atoms with Crippen LogP contribution in [0.4, 0.5) is 0 Å². The highest BCUT2D eigenvalue weighted by Crippen LogP contribution is 2.70. The van der Waals surface area contributed by atoms with Crippen LogP contribution < -0.4 is 0 Å². The van der Waals surface area contributed by atoms with Crippen LogP contribution in [-0.2, 0) is 0 Å². The quantitative estimate of drug-likeness (QED) is 0.632. The van der Waals surface area contributed by atoms with Crippen LogP contribution in [0.25, 0.3) is 4.91 Å². The first-order chi connectivity index (χ1) is 9.63. The standard InChI is InChI=1S/C15H15NS4/c1-11-13(12-6-4-3-5-7-12)19-20-15(11)14(2,8-16)9-17-10-18-15/h3-7H,9-10H2,1-2H3. The summed E-state index contributed by atoms with van der Waals surface area (Å²) in [5, 5.41) is 10.8. The van der Waals surface area contributed by atoms with E-state index in [4.69, 9.17) is 0 Å². The molecule has 0 aromatic heterocycles. The fourth-order valence-electron chi connectivity index (χ4n) is 2.60. The summed E-state index contributed by atoms with van der Waals surface area (Å²) < 4.78 is -0.0944. The molecule has 5 heteroatoms. The third-order valence-electron chi connectivity index (χ3n) is 3.82. The molecule has 0 saturated carbocycles. The molecule has 0 bridgehead atoms. The molecule has 0 N–H and O–H groups in total. The molecule has 1 fully saturated rings. The van der Waals surface area contributed by atoms with Crippen LogP contribution in [0.3, 0.4) is 0 Å². The molecule has 3 rings (SSSR count). The zero-order valence-electron chi connectivity index (χ0n) is 11.4. The third-order valence-corrected chi connectivity index (χ3v) is 11.1. The van der Waals surface area contributed by atoms with Crippen molar-refractivity contribution in [3.05, 3.63) is 41.5 Å². The zero-order chi connectivity index (χ0) is 14.2. The first-order valence-corrected chi connectivity index (χ1v) is 10.7. The number of thioether (sulfide) groups is 2. The predicted octanol–water partition coefficient (Wildman–Crippen LogP) is 5.48. The molecule has 0 amide bonds. The van der Waals surface area contributed by atoms with Crippen LogP contribution in [0, 0.1) is 16.7 Å². The average Bonchev–Trinajstić information content (AvgIpc) is 2.82. The predicted molar refractivity (Wildman–Crippen MR) is 95.6 cm³/mol. The molecule has 2 aliphatic heterocycles. The molecule has 2 unspecified atom stereocenters. The van der Waals surface area contributed by atoms with Gasteiger partial charge >= 0.3 is 0 Å². The minimum absolute atomic E-state index is 0.0944. The lowest BCUT2D eigenvalue weighted by Crippen LogP contribution is -2.44. The highest BCUT2D eigenvalue weighted by atomic mass is 33.1. The van der Waals surface area contributed by atoms with Gasteiger partial charge in [0.25, 0.3) is 0 Å². The summed E-state index contributed by atoms with van der Waals surface area (Å²) >= 11 is 3.82. The summed E-state index contributed by atoms with van der Waals surface area (Å²) in [6.45, 7) is 4.34. The Morgan fingerprint density at radius 1 is 1.25 bits per heavy atom. The Bertz CT molecular complexity index is 592. The molecule has 1 saturated heterocycles. The molecule has 1 nitrogen and oxygen atoms in total. The van der Waals surface area contributed by atoms with E-state index in [-0.39, 0.29) is 9.49 Å². The summed E-state index contributed by atoms with van der Waals surface area (Å²) in [5.74, 6) is 0.920. The van der Waals surface area contributed by atoms with E-state index in [1.165, 1.54) is 16.0 Å². The van der Waals surface area contributed by atoms with Crippen molar-refractivity contribution in [3.63, 3.8) is 0 Å². The van der Waals surface area contributed by atoms with Gasteiger partial charge in [-0.2, -0.15) is 5.26 Å². The second-order valence-corrected chi connectivity index (χ2v) is 10.3. The maximum absolute atomic E-state index is 9.73. The summed E-state index contributed by atoms with van der Waals surface area (Å²) in [7, 11) is 3.72. The monoisotopic (exact) mass is 337 g/mol. The van der Waals surface area contributed by atoms with E-state index in [1.807, 2.05) is 51.2 Å². The van der Waals surface area contributed by atoms with Crippen LogP contribution in [0.5, 0.6) is 0 Å². The zero-order valence-corrected chi connectivity index (χ0v) is 14.6. The molecule has 2 aliphatic rings. The molecule has 2 heterocycles. The van der Waals surface area contributed by atoms with Crippen molar-refractivity contribution in [3.8, 4) is 6.07 Å². The normalized spacial score (nSPS) is 33.5. The Hall–Kier alpha value is -0.150. The van der Waals surface area contributed by atoms with Gasteiger partial charge in [0.1, 0.15) is 4.08 Å². The Kier molecular flexibility index (Phi) is 4.11. The number of hydrogen-bond donors (Lipinski definition) is 0. The molecule has 0 radical (unpaired) electrons. The van der Waals surface area contributed by atoms with Gasteiger partial charge in [-0.25, -0.2) is 0 Å². The minimum atomic E-state index is -0.307. The molecule has 1 aromatic rings. The molecule has 1 aromatic carbocycles. The topological polar surface area (TPSA) is 23.8 Å². The van der Waals surface area contributed by atoms with Crippen molar-refractivity contribution >= 4 is 50.0 Å². The SMILES string of the molecule is CC1=C(c2ccccc2)SSC12SCSCC2(C)C#N. The smallest absolute Gasteiger partial charge is 0.114 e. The highest BCUT2D eigenvalue weighted by Gasteiger charge is 2.57. The van der Waals surface area contributed by atoms with Crippen molar-refractivity contribution < 1.29 is 0 Å². The first-order valence-electron chi connectivity index (χ1n) is 6.38. The van der Waals surface area contributed by atoms with Gasteiger partial charge in [-0.1, -0.05) is 51.9 Å². The lowest BCUT2D eigenvalue weighted by molar-refractivity contribution is 0.488. The van der Waals surface area contributed by atoms with E-state index in [0.29, 0.717) is 0 Å². The maximum Gasteiger partial charge on any atom is 0.114 e. The second kappa shape index (κ2) is 5.57. The van der Waals surface area contributed by atoms with Crippen LogP contribution in [0.1, 0.15) is 19.4 Å². The molecule has 1 spiro atoms. The summed E-state index contributed by atoms with van der Waals surface area (Å²) in [5.41, 5.74) is 2.34. The first kappa shape index (κ1) is 14.8. The van der Waals surface area contributed by atoms with Gasteiger partial charge in [0.2, 0.25) is 0 Å². The van der Waals surface area contributed by atoms with Gasteiger partial charge < -0.3 is 0 Å². The van der Waals surface area contributed by atoms with Crippen molar-refractivity contribution in [2.24, 2.45) is 5.41 Å². The maximum atomic E-state index is 9.73. The fraction of sp³-hybridized carbons (Fsp3) is 0.400. The number of nitriles is 1. The van der Waals surface area contributed by atoms with Crippen molar-refractivity contribution in [2.45, 2.75) is 17.9 Å². The van der Waals surface area contributed by atoms with Crippen molar-refractivity contribution in [1.82, 2.24) is 0 Å². The largest absolute Gasteiger partial charge is 0.198 e. The number of nitrogens with zero attached hydrogens (tertiary/aromatic N) is 1. The molecule has 2 atom stereocenters. The van der Waals surface area contributed by atoms with Gasteiger partial charge in [0, 0.05) is 15.7 Å². The van der Waals surface area contributed by atoms with E-state index in [0.717, 1.165) is 10.8 Å². The number of benzene rings is 1. The van der Waals surface area contributed by atoms with E-state index in [2.05, 4.69) is 44.2 Å². The lowest BCUT2D eigenvalue weighted by Gasteiger charge is -2.44. The summed E-state index contributed by atoms with van der Waals surface area (Å²) in [6, 6.07) is 13.1. The van der Waals surface area contributed by atoms with Crippen LogP contribution >= 0.6 is 45.1 Å². The Labute approximate surface area is 136 Å². The van der Waals surface area contributed by atoms with E-state index in [1.54, 1.807) is 0 Å². The van der Waals surface area contributed by atoms with Gasteiger partial charge in [-0.05, 0) is 25.0 Å². The van der Waals surface area contributed by atoms with Crippen LogP contribution in [0.15, 0.2) is 35.9 Å². The van der Waals surface area contributed by atoms with Crippen molar-refractivity contribution in [1.29, 1.82) is 5.26 Å². The lowest BCUT2D eigenvalue weighted by atomic mass is 9.85. The average molecular weight is 338 g/mol. The minimum Gasteiger partial charge on any atom is -0.198 e. The van der Waals surface area contributed by atoms with E-state index < -0.39 is 0 Å². The molecule has 104 valence electrons. The van der Waals surface area contributed by atoms with Gasteiger partial charge in [-0.3, -0.25) is 0 Å². The molecular weight excluding hydrogens is 322 g/mol. The molecule has 0 aliphatic carbocycles. The van der Waals surface area contributed by atoms with Crippen LogP contribution in [0.2, 0.25) is 0 Å². The Morgan fingerprint density at radius 2 is 2.00 bits per heavy atom. The number of hydrogen-bond acceptors (Lipinski definition) is 5. The number of rotatable bonds is 1. The second-order valence-electron chi connectivity index (χ2n) is 5.16. The summed E-state index contributed by atoms with van der Waals surface area (Å²) in [4.78, 5) is 1.34. The third kappa shape index (κ3) is 2.12. The fourth-order valence-corrected chi connectivity index (χ4v) is 10.5. The molecular formula is C15H15NS4. The van der Waals surface area contributed by atoms with Crippen LogP contribution in [-0.4, -0.2) is 14.9 Å². The summed E-state index contributed by atoms with van der Waals surface area (Å²) in [6.07, 6.45) is 0. The van der Waals surface area contributed by atoms with E-state index >= 15 is 0 Å². The van der Waals surface area contributed by atoms with Crippen molar-refractivity contribution in [2.75, 3.05) is 10.8 Å². The highest BCUT2D eigenvalue weighted by molar-refractivity contribution is 8.82. The molecule has 20 heavy (non-hydrogen) atoms. The van der Waals surface area contributed by atoms with Gasteiger partial charge in [-0.15, -0.1) is 23.5 Å². The van der Waals surface area contributed by atoms with Gasteiger partial charge in [0.15, 0.2) is 0 Å². The van der Waals surface area contributed by atoms with E-state index in [9.17, 15) is 5.26 Å².